The van der Waals surface area contributed by atoms with E-state index in [9.17, 15) is 9.90 Å². The summed E-state index contributed by atoms with van der Waals surface area (Å²) in [6, 6.07) is 4.20. The molecule has 5 heteroatoms. The topological polar surface area (TPSA) is 61.4 Å². The van der Waals surface area contributed by atoms with Crippen LogP contribution < -0.4 is 10.6 Å². The fraction of sp³-hybridized carbons (Fsp3) is 0.364. The molecule has 0 unspecified atom stereocenters. The molecule has 1 aromatic carbocycles. The fourth-order valence-corrected chi connectivity index (χ4v) is 1.21. The highest BCUT2D eigenvalue weighted by Crippen LogP contribution is 2.26. The molecule has 3 N–H and O–H groups in total. The zero-order chi connectivity index (χ0) is 12.3. The number of carbonyl (C=O) groups excluding carboxylic acids is 1. The first-order valence-corrected chi connectivity index (χ1v) is 5.23. The summed E-state index contributed by atoms with van der Waals surface area (Å²) in [5.74, 6) is -0.0600. The zero-order valence-electron chi connectivity index (χ0n) is 9.47. The van der Waals surface area contributed by atoms with Crippen molar-refractivity contribution in [3.8, 4) is 5.75 Å². The number of urea groups is 1. The first-order valence-electron chi connectivity index (χ1n) is 4.85. The lowest BCUT2D eigenvalue weighted by atomic mass is 10.1. The van der Waals surface area contributed by atoms with Gasteiger partial charge in [0.1, 0.15) is 5.75 Å². The van der Waals surface area contributed by atoms with Crippen molar-refractivity contribution in [2.75, 3.05) is 5.32 Å². The van der Waals surface area contributed by atoms with Gasteiger partial charge >= 0.3 is 6.03 Å². The van der Waals surface area contributed by atoms with Gasteiger partial charge in [-0.2, -0.15) is 0 Å². The number of phenolic OH excluding ortho intramolecular Hbond substituents is 1. The van der Waals surface area contributed by atoms with Crippen LogP contribution in [0.15, 0.2) is 18.2 Å². The Morgan fingerprint density at radius 1 is 1.38 bits per heavy atom. The van der Waals surface area contributed by atoms with Crippen LogP contribution in [-0.2, 0) is 0 Å². The maximum absolute atomic E-state index is 11.5. The number of rotatable bonds is 1. The molecule has 0 aromatic heterocycles. The first-order chi connectivity index (χ1) is 7.28. The number of carbonyl (C=O) groups is 1. The molecule has 0 spiro atoms. The molecule has 0 aliphatic heterocycles. The van der Waals surface area contributed by atoms with Gasteiger partial charge in [0.15, 0.2) is 0 Å². The van der Waals surface area contributed by atoms with Crippen molar-refractivity contribution in [3.63, 3.8) is 0 Å². The van der Waals surface area contributed by atoms with Crippen molar-refractivity contribution >= 4 is 23.3 Å². The lowest BCUT2D eigenvalue weighted by Crippen LogP contribution is -2.43. The van der Waals surface area contributed by atoms with E-state index in [0.717, 1.165) is 0 Å². The van der Waals surface area contributed by atoms with Crippen LogP contribution in [0.25, 0.3) is 0 Å². The van der Waals surface area contributed by atoms with Crippen LogP contribution in [-0.4, -0.2) is 16.7 Å². The van der Waals surface area contributed by atoms with Gasteiger partial charge in [-0.25, -0.2) is 4.79 Å². The molecule has 0 aliphatic carbocycles. The van der Waals surface area contributed by atoms with Crippen LogP contribution in [0, 0.1) is 0 Å². The molecular formula is C11H15ClN2O2. The summed E-state index contributed by atoms with van der Waals surface area (Å²) in [5, 5.41) is 14.9. The van der Waals surface area contributed by atoms with Gasteiger partial charge in [0.05, 0.1) is 5.02 Å². The maximum atomic E-state index is 11.5. The number of anilines is 1. The van der Waals surface area contributed by atoms with E-state index < -0.39 is 0 Å². The Kier molecular flexibility index (Phi) is 3.65. The highest BCUT2D eigenvalue weighted by molar-refractivity contribution is 6.32. The second-order valence-corrected chi connectivity index (χ2v) is 4.90. The molecule has 2 amide bonds. The maximum Gasteiger partial charge on any atom is 0.319 e. The largest absolute Gasteiger partial charge is 0.506 e. The standard InChI is InChI=1S/C11H15ClN2O2/c1-11(2,3)14-10(16)13-7-4-5-8(12)9(15)6-7/h4-6,15H,1-3H3,(H2,13,14,16). The van der Waals surface area contributed by atoms with Crippen molar-refractivity contribution in [1.82, 2.24) is 5.32 Å². The van der Waals surface area contributed by atoms with Crippen molar-refractivity contribution in [1.29, 1.82) is 0 Å². The van der Waals surface area contributed by atoms with Gasteiger partial charge in [-0.05, 0) is 32.9 Å². The van der Waals surface area contributed by atoms with Crippen molar-refractivity contribution in [2.24, 2.45) is 0 Å². The zero-order valence-corrected chi connectivity index (χ0v) is 10.2. The summed E-state index contributed by atoms with van der Waals surface area (Å²) >= 11 is 5.65. The van der Waals surface area contributed by atoms with Crippen molar-refractivity contribution < 1.29 is 9.90 Å². The quantitative estimate of drug-likeness (QED) is 0.709. The number of phenols is 1. The first kappa shape index (κ1) is 12.6. The van der Waals surface area contributed by atoms with Gasteiger partial charge in [0, 0.05) is 17.3 Å². The van der Waals surface area contributed by atoms with Crippen LogP contribution in [0.1, 0.15) is 20.8 Å². The van der Waals surface area contributed by atoms with E-state index in [-0.39, 0.29) is 22.3 Å². The van der Waals surface area contributed by atoms with Gasteiger partial charge in [0.25, 0.3) is 0 Å². The Morgan fingerprint density at radius 3 is 2.50 bits per heavy atom. The Morgan fingerprint density at radius 2 is 2.00 bits per heavy atom. The van der Waals surface area contributed by atoms with Crippen LogP contribution >= 0.6 is 11.6 Å². The smallest absolute Gasteiger partial charge is 0.319 e. The minimum absolute atomic E-state index is 0.0600. The number of aromatic hydroxyl groups is 1. The molecule has 0 atom stereocenters. The third kappa shape index (κ3) is 3.98. The molecule has 1 aromatic rings. The molecule has 0 aliphatic rings. The third-order valence-corrected chi connectivity index (χ3v) is 2.01. The van der Waals surface area contributed by atoms with E-state index in [1.165, 1.54) is 12.1 Å². The molecule has 0 saturated carbocycles. The molecule has 0 radical (unpaired) electrons. The third-order valence-electron chi connectivity index (χ3n) is 1.69. The summed E-state index contributed by atoms with van der Waals surface area (Å²) in [6.45, 7) is 5.64. The molecule has 88 valence electrons. The van der Waals surface area contributed by atoms with Gasteiger partial charge in [0.2, 0.25) is 0 Å². The molecule has 0 bridgehead atoms. The summed E-state index contributed by atoms with van der Waals surface area (Å²) in [4.78, 5) is 11.5. The minimum Gasteiger partial charge on any atom is -0.506 e. The summed E-state index contributed by atoms with van der Waals surface area (Å²) in [7, 11) is 0. The Bertz CT molecular complexity index is 399. The van der Waals surface area contributed by atoms with Gasteiger partial charge in [-0.3, -0.25) is 0 Å². The predicted octanol–water partition coefficient (Wildman–Crippen LogP) is 2.97. The number of amides is 2. The number of halogens is 1. The highest BCUT2D eigenvalue weighted by Gasteiger charge is 2.13. The highest BCUT2D eigenvalue weighted by atomic mass is 35.5. The molecule has 0 fully saturated rings. The van der Waals surface area contributed by atoms with Crippen LogP contribution in [0.3, 0.4) is 0 Å². The monoisotopic (exact) mass is 242 g/mol. The van der Waals surface area contributed by atoms with Gasteiger partial charge in [-0.1, -0.05) is 11.6 Å². The molecule has 0 heterocycles. The van der Waals surface area contributed by atoms with Crippen molar-refractivity contribution in [2.45, 2.75) is 26.3 Å². The predicted molar refractivity (Wildman–Crippen MR) is 65.0 cm³/mol. The van der Waals surface area contributed by atoms with Crippen molar-refractivity contribution in [3.05, 3.63) is 23.2 Å². The average Bonchev–Trinajstić information content (AvgIpc) is 2.08. The summed E-state index contributed by atoms with van der Waals surface area (Å²) < 4.78 is 0. The fourth-order valence-electron chi connectivity index (χ4n) is 1.09. The summed E-state index contributed by atoms with van der Waals surface area (Å²) in [6.07, 6.45) is 0. The normalized spacial score (nSPS) is 11.0. The lowest BCUT2D eigenvalue weighted by Gasteiger charge is -2.20. The van der Waals surface area contributed by atoms with Crippen LogP contribution in [0.4, 0.5) is 10.5 Å². The van der Waals surface area contributed by atoms with Gasteiger partial charge in [-0.15, -0.1) is 0 Å². The van der Waals surface area contributed by atoms with Crippen LogP contribution in [0.5, 0.6) is 5.75 Å². The number of hydrogen-bond acceptors (Lipinski definition) is 2. The van der Waals surface area contributed by atoms with Gasteiger partial charge < -0.3 is 15.7 Å². The number of benzene rings is 1. The number of hydrogen-bond donors (Lipinski definition) is 3. The molecule has 4 nitrogen and oxygen atoms in total. The average molecular weight is 243 g/mol. The Hall–Kier alpha value is -1.42. The SMILES string of the molecule is CC(C)(C)NC(=O)Nc1ccc(Cl)c(O)c1. The van der Waals surface area contributed by atoms with E-state index in [1.807, 2.05) is 20.8 Å². The minimum atomic E-state index is -0.325. The Balaban J connectivity index is 2.67. The van der Waals surface area contributed by atoms with E-state index in [4.69, 9.17) is 11.6 Å². The van der Waals surface area contributed by atoms with Crippen LogP contribution in [0.2, 0.25) is 5.02 Å². The molecule has 16 heavy (non-hydrogen) atoms. The summed E-state index contributed by atoms with van der Waals surface area (Å²) in [5.41, 5.74) is 0.183. The van der Waals surface area contributed by atoms with E-state index in [2.05, 4.69) is 10.6 Å². The molecule has 1 rings (SSSR count). The second kappa shape index (κ2) is 4.61. The van der Waals surface area contributed by atoms with E-state index >= 15 is 0 Å². The second-order valence-electron chi connectivity index (χ2n) is 4.50. The Labute approximate surface area is 99.6 Å². The molecular weight excluding hydrogens is 228 g/mol. The molecule has 0 saturated heterocycles. The van der Waals surface area contributed by atoms with E-state index in [1.54, 1.807) is 6.07 Å². The number of nitrogens with one attached hydrogen (secondary N) is 2. The lowest BCUT2D eigenvalue weighted by molar-refractivity contribution is 0.244. The van der Waals surface area contributed by atoms with E-state index in [0.29, 0.717) is 5.69 Å².